The molecule has 0 radical (unpaired) electrons. The number of nitrogens with zero attached hydrogens (tertiary/aromatic N) is 4. The molecule has 0 unspecified atom stereocenters. The number of amides is 1. The lowest BCUT2D eigenvalue weighted by atomic mass is 10.2. The van der Waals surface area contributed by atoms with Gasteiger partial charge in [0.2, 0.25) is 11.7 Å². The van der Waals surface area contributed by atoms with Gasteiger partial charge in [-0.15, -0.1) is 22.0 Å². The zero-order valence-corrected chi connectivity index (χ0v) is 14.9. The average molecular weight is 374 g/mol. The van der Waals surface area contributed by atoms with E-state index in [9.17, 15) is 4.79 Å². The predicted molar refractivity (Wildman–Crippen MR) is 98.4 cm³/mol. The van der Waals surface area contributed by atoms with Crippen molar-refractivity contribution >= 4 is 29.3 Å². The molecule has 2 aromatic carbocycles. The average Bonchev–Trinajstić information content (AvgIpc) is 3.09. The van der Waals surface area contributed by atoms with Crippen molar-refractivity contribution in [3.63, 3.8) is 0 Å². The molecule has 1 heterocycles. The molecule has 25 heavy (non-hydrogen) atoms. The molecule has 8 heteroatoms. The Morgan fingerprint density at radius 1 is 1.12 bits per heavy atom. The van der Waals surface area contributed by atoms with Crippen molar-refractivity contribution in [1.82, 2.24) is 25.5 Å². The number of rotatable bonds is 7. The van der Waals surface area contributed by atoms with Gasteiger partial charge in [0.25, 0.3) is 0 Å². The van der Waals surface area contributed by atoms with Crippen LogP contribution in [0.2, 0.25) is 5.02 Å². The van der Waals surface area contributed by atoms with Crippen LogP contribution in [0.15, 0.2) is 59.5 Å². The van der Waals surface area contributed by atoms with Crippen LogP contribution >= 0.6 is 23.4 Å². The van der Waals surface area contributed by atoms with E-state index < -0.39 is 0 Å². The van der Waals surface area contributed by atoms with E-state index in [1.165, 1.54) is 4.80 Å². The lowest BCUT2D eigenvalue weighted by Gasteiger charge is -2.04. The van der Waals surface area contributed by atoms with Crippen LogP contribution in [-0.4, -0.2) is 38.4 Å². The van der Waals surface area contributed by atoms with E-state index in [-0.39, 0.29) is 12.5 Å². The van der Waals surface area contributed by atoms with E-state index in [0.29, 0.717) is 17.4 Å². The number of carbonyl (C=O) groups excluding carboxylic acids is 1. The maximum atomic E-state index is 11.9. The summed E-state index contributed by atoms with van der Waals surface area (Å²) in [6.45, 7) is 0.609. The zero-order chi connectivity index (χ0) is 17.5. The first-order valence-electron chi connectivity index (χ1n) is 7.69. The SMILES string of the molecule is O=C(Cn1nnc(-c2ccccc2)n1)NCCSc1ccc(Cl)cc1. The molecule has 0 saturated heterocycles. The molecule has 128 valence electrons. The fourth-order valence-corrected chi connectivity index (χ4v) is 2.98. The summed E-state index contributed by atoms with van der Waals surface area (Å²) >= 11 is 7.50. The first-order valence-corrected chi connectivity index (χ1v) is 9.05. The van der Waals surface area contributed by atoms with Crippen LogP contribution < -0.4 is 5.32 Å². The lowest BCUT2D eigenvalue weighted by Crippen LogP contribution is -2.30. The summed E-state index contributed by atoms with van der Waals surface area (Å²) in [6, 6.07) is 17.1. The quantitative estimate of drug-likeness (QED) is 0.509. The second-order valence-corrected chi connectivity index (χ2v) is 6.77. The highest BCUT2D eigenvalue weighted by Gasteiger charge is 2.08. The number of aromatic nitrogens is 4. The highest BCUT2D eigenvalue weighted by molar-refractivity contribution is 7.99. The maximum Gasteiger partial charge on any atom is 0.243 e. The van der Waals surface area contributed by atoms with E-state index >= 15 is 0 Å². The normalized spacial score (nSPS) is 10.6. The van der Waals surface area contributed by atoms with Gasteiger partial charge >= 0.3 is 0 Å². The monoisotopic (exact) mass is 373 g/mol. The minimum atomic E-state index is -0.145. The number of hydrogen-bond donors (Lipinski definition) is 1. The molecular weight excluding hydrogens is 358 g/mol. The molecule has 1 amide bonds. The molecule has 0 bridgehead atoms. The number of carbonyl (C=O) groups is 1. The van der Waals surface area contributed by atoms with Gasteiger partial charge in [-0.2, -0.15) is 4.80 Å². The van der Waals surface area contributed by atoms with Gasteiger partial charge in [0.1, 0.15) is 6.54 Å². The van der Waals surface area contributed by atoms with Gasteiger partial charge < -0.3 is 5.32 Å². The Balaban J connectivity index is 1.42. The summed E-state index contributed by atoms with van der Waals surface area (Å²) in [7, 11) is 0. The van der Waals surface area contributed by atoms with Gasteiger partial charge in [0.05, 0.1) is 0 Å². The molecule has 0 aliphatic rings. The fraction of sp³-hybridized carbons (Fsp3) is 0.176. The second kappa shape index (κ2) is 8.64. The van der Waals surface area contributed by atoms with Crippen molar-refractivity contribution in [3.8, 4) is 11.4 Å². The second-order valence-electron chi connectivity index (χ2n) is 5.16. The van der Waals surface area contributed by atoms with Crippen molar-refractivity contribution in [1.29, 1.82) is 0 Å². The van der Waals surface area contributed by atoms with Crippen LogP contribution in [0.4, 0.5) is 0 Å². The topological polar surface area (TPSA) is 72.7 Å². The van der Waals surface area contributed by atoms with Crippen LogP contribution in [0.25, 0.3) is 11.4 Å². The molecule has 0 aliphatic carbocycles. The van der Waals surface area contributed by atoms with Crippen LogP contribution in [0.5, 0.6) is 0 Å². The van der Waals surface area contributed by atoms with Gasteiger partial charge in [-0.1, -0.05) is 41.9 Å². The Kier molecular flexibility index (Phi) is 6.03. The number of benzene rings is 2. The van der Waals surface area contributed by atoms with E-state index in [1.54, 1.807) is 11.8 Å². The van der Waals surface area contributed by atoms with Crippen LogP contribution in [0, 0.1) is 0 Å². The zero-order valence-electron chi connectivity index (χ0n) is 13.3. The largest absolute Gasteiger partial charge is 0.354 e. The first kappa shape index (κ1) is 17.4. The molecule has 1 N–H and O–H groups in total. The van der Waals surface area contributed by atoms with Gasteiger partial charge in [-0.05, 0) is 29.5 Å². The molecule has 1 aromatic heterocycles. The molecule has 0 spiro atoms. The van der Waals surface area contributed by atoms with Crippen molar-refractivity contribution in [2.24, 2.45) is 0 Å². The number of halogens is 1. The molecular formula is C17H16ClN5OS. The predicted octanol–water partition coefficient (Wildman–Crippen LogP) is 2.90. The summed E-state index contributed by atoms with van der Waals surface area (Å²) in [5.41, 5.74) is 0.869. The summed E-state index contributed by atoms with van der Waals surface area (Å²) in [4.78, 5) is 14.4. The highest BCUT2D eigenvalue weighted by Crippen LogP contribution is 2.19. The first-order chi connectivity index (χ1) is 12.2. The van der Waals surface area contributed by atoms with Gasteiger partial charge in [-0.3, -0.25) is 4.79 Å². The Morgan fingerprint density at radius 3 is 2.64 bits per heavy atom. The molecule has 6 nitrogen and oxygen atoms in total. The number of nitrogens with one attached hydrogen (secondary N) is 1. The summed E-state index contributed by atoms with van der Waals surface area (Å²) in [5.74, 6) is 1.13. The van der Waals surface area contributed by atoms with Gasteiger partial charge in [0.15, 0.2) is 0 Å². The summed E-state index contributed by atoms with van der Waals surface area (Å²) in [6.07, 6.45) is 0. The Bertz CT molecular complexity index is 823. The van der Waals surface area contributed by atoms with Gasteiger partial charge in [0, 0.05) is 27.8 Å². The van der Waals surface area contributed by atoms with Crippen molar-refractivity contribution < 1.29 is 4.79 Å². The standard InChI is InChI=1S/C17H16ClN5OS/c18-14-6-8-15(9-7-14)25-11-10-19-16(24)12-23-21-17(20-22-23)13-4-2-1-3-5-13/h1-9H,10-12H2,(H,19,24). The molecule has 0 saturated carbocycles. The van der Waals surface area contributed by atoms with E-state index in [2.05, 4.69) is 20.7 Å². The number of thioether (sulfide) groups is 1. The minimum Gasteiger partial charge on any atom is -0.354 e. The van der Waals surface area contributed by atoms with Gasteiger partial charge in [-0.25, -0.2) is 0 Å². The van der Waals surface area contributed by atoms with E-state index in [0.717, 1.165) is 16.2 Å². The fourth-order valence-electron chi connectivity index (χ4n) is 2.09. The summed E-state index contributed by atoms with van der Waals surface area (Å²) < 4.78 is 0. The summed E-state index contributed by atoms with van der Waals surface area (Å²) in [5, 5.41) is 15.7. The van der Waals surface area contributed by atoms with Crippen LogP contribution in [0.3, 0.4) is 0 Å². The third-order valence-corrected chi connectivity index (χ3v) is 4.54. The van der Waals surface area contributed by atoms with Crippen molar-refractivity contribution in [3.05, 3.63) is 59.6 Å². The highest BCUT2D eigenvalue weighted by atomic mass is 35.5. The van der Waals surface area contributed by atoms with E-state index in [1.807, 2.05) is 54.6 Å². The smallest absolute Gasteiger partial charge is 0.243 e. The third kappa shape index (κ3) is 5.30. The molecule has 3 aromatic rings. The van der Waals surface area contributed by atoms with Crippen molar-refractivity contribution in [2.75, 3.05) is 12.3 Å². The maximum absolute atomic E-state index is 11.9. The Labute approximate surface area is 154 Å². The molecule has 0 atom stereocenters. The molecule has 3 rings (SSSR count). The molecule has 0 aliphatic heterocycles. The lowest BCUT2D eigenvalue weighted by molar-refractivity contribution is -0.121. The molecule has 0 fully saturated rings. The number of hydrogen-bond acceptors (Lipinski definition) is 5. The Hall–Kier alpha value is -2.38. The van der Waals surface area contributed by atoms with Crippen LogP contribution in [0.1, 0.15) is 0 Å². The number of tetrazole rings is 1. The van der Waals surface area contributed by atoms with Crippen LogP contribution in [-0.2, 0) is 11.3 Å². The third-order valence-electron chi connectivity index (χ3n) is 3.28. The Morgan fingerprint density at radius 2 is 1.88 bits per heavy atom. The van der Waals surface area contributed by atoms with Crippen molar-refractivity contribution in [2.45, 2.75) is 11.4 Å². The van der Waals surface area contributed by atoms with E-state index in [4.69, 9.17) is 11.6 Å². The minimum absolute atomic E-state index is 0.0471.